The van der Waals surface area contributed by atoms with Crippen molar-refractivity contribution in [2.45, 2.75) is 52.7 Å². The van der Waals surface area contributed by atoms with Crippen molar-refractivity contribution >= 4 is 11.7 Å². The number of anilines is 1. The van der Waals surface area contributed by atoms with Crippen LogP contribution < -0.4 is 15.4 Å². The SMILES string of the molecule is CC(C)C(CCO)NC(=O)Nc1ccccc1OC(C)(C)C. The summed E-state index contributed by atoms with van der Waals surface area (Å²) in [5, 5.41) is 14.8. The minimum absolute atomic E-state index is 0.0485. The van der Waals surface area contributed by atoms with Crippen LogP contribution in [0.4, 0.5) is 10.5 Å². The summed E-state index contributed by atoms with van der Waals surface area (Å²) in [6.45, 7) is 9.95. The molecule has 3 N–H and O–H groups in total. The first-order valence-corrected chi connectivity index (χ1v) is 7.69. The highest BCUT2D eigenvalue weighted by atomic mass is 16.5. The Bertz CT molecular complexity index is 481. The first kappa shape index (κ1) is 18.3. The van der Waals surface area contributed by atoms with Gasteiger partial charge in [-0.1, -0.05) is 26.0 Å². The van der Waals surface area contributed by atoms with Crippen LogP contribution in [0.25, 0.3) is 0 Å². The quantitative estimate of drug-likeness (QED) is 0.754. The van der Waals surface area contributed by atoms with Gasteiger partial charge in [-0.05, 0) is 45.2 Å². The van der Waals surface area contributed by atoms with Gasteiger partial charge in [-0.15, -0.1) is 0 Å². The maximum Gasteiger partial charge on any atom is 0.319 e. The third-order valence-corrected chi connectivity index (χ3v) is 3.11. The van der Waals surface area contributed by atoms with E-state index in [1.54, 1.807) is 6.07 Å². The Balaban J connectivity index is 2.75. The highest BCUT2D eigenvalue weighted by molar-refractivity contribution is 5.91. The Kier molecular flexibility index (Phi) is 6.68. The van der Waals surface area contributed by atoms with Crippen LogP contribution in [-0.2, 0) is 0 Å². The summed E-state index contributed by atoms with van der Waals surface area (Å²) in [6, 6.07) is 6.98. The molecule has 0 saturated heterocycles. The summed E-state index contributed by atoms with van der Waals surface area (Å²) >= 11 is 0. The molecule has 5 nitrogen and oxygen atoms in total. The van der Waals surface area contributed by atoms with E-state index in [1.165, 1.54) is 0 Å². The van der Waals surface area contributed by atoms with Crippen molar-refractivity contribution in [1.82, 2.24) is 5.32 Å². The minimum Gasteiger partial charge on any atom is -0.486 e. The standard InChI is InChI=1S/C17H28N2O3/c1-12(2)13(10-11-20)18-16(21)19-14-8-6-7-9-15(14)22-17(3,4)5/h6-9,12-13,20H,10-11H2,1-5H3,(H2,18,19,21). The molecule has 0 spiro atoms. The smallest absolute Gasteiger partial charge is 0.319 e. The third kappa shape index (κ3) is 6.35. The number of carbonyl (C=O) groups excluding carboxylic acids is 1. The van der Waals surface area contributed by atoms with Crippen molar-refractivity contribution in [2.24, 2.45) is 5.92 Å². The van der Waals surface area contributed by atoms with Gasteiger partial charge < -0.3 is 20.5 Å². The Hall–Kier alpha value is -1.75. The number of amides is 2. The molecule has 1 aromatic carbocycles. The Morgan fingerprint density at radius 1 is 1.27 bits per heavy atom. The van der Waals surface area contributed by atoms with E-state index in [0.717, 1.165) is 0 Å². The summed E-state index contributed by atoms with van der Waals surface area (Å²) in [6.07, 6.45) is 0.533. The lowest BCUT2D eigenvalue weighted by molar-refractivity contribution is 0.132. The number of benzene rings is 1. The van der Waals surface area contributed by atoms with Crippen LogP contribution >= 0.6 is 0 Å². The van der Waals surface area contributed by atoms with Crippen molar-refractivity contribution in [2.75, 3.05) is 11.9 Å². The fourth-order valence-corrected chi connectivity index (χ4v) is 2.03. The number of carbonyl (C=O) groups is 1. The molecule has 2 amide bonds. The molecular weight excluding hydrogens is 280 g/mol. The largest absolute Gasteiger partial charge is 0.486 e. The second-order valence-electron chi connectivity index (χ2n) is 6.67. The van der Waals surface area contributed by atoms with Crippen molar-refractivity contribution in [3.63, 3.8) is 0 Å². The molecule has 22 heavy (non-hydrogen) atoms. The van der Waals surface area contributed by atoms with Gasteiger partial charge in [0.1, 0.15) is 11.4 Å². The number of rotatable bonds is 6. The van der Waals surface area contributed by atoms with Crippen LogP contribution in [0, 0.1) is 5.92 Å². The molecule has 0 heterocycles. The lowest BCUT2D eigenvalue weighted by atomic mass is 10.0. The van der Waals surface area contributed by atoms with Crippen LogP contribution in [-0.4, -0.2) is 29.4 Å². The number of aliphatic hydroxyl groups excluding tert-OH is 1. The second-order valence-corrected chi connectivity index (χ2v) is 6.67. The highest BCUT2D eigenvalue weighted by Gasteiger charge is 2.18. The average Bonchev–Trinajstić information content (AvgIpc) is 2.38. The molecule has 0 bridgehead atoms. The van der Waals surface area contributed by atoms with Crippen LogP contribution in [0.15, 0.2) is 24.3 Å². The van der Waals surface area contributed by atoms with E-state index < -0.39 is 0 Å². The zero-order chi connectivity index (χ0) is 16.8. The molecule has 0 aliphatic carbocycles. The van der Waals surface area contributed by atoms with E-state index in [-0.39, 0.29) is 30.2 Å². The minimum atomic E-state index is -0.342. The van der Waals surface area contributed by atoms with Gasteiger partial charge >= 0.3 is 6.03 Å². The fraction of sp³-hybridized carbons (Fsp3) is 0.588. The van der Waals surface area contributed by atoms with E-state index in [0.29, 0.717) is 17.9 Å². The van der Waals surface area contributed by atoms with Gasteiger partial charge in [-0.3, -0.25) is 0 Å². The monoisotopic (exact) mass is 308 g/mol. The molecule has 5 heteroatoms. The molecule has 0 fully saturated rings. The summed E-state index contributed by atoms with van der Waals surface area (Å²) in [5.74, 6) is 0.882. The van der Waals surface area contributed by atoms with E-state index in [2.05, 4.69) is 10.6 Å². The second kappa shape index (κ2) is 8.03. The highest BCUT2D eigenvalue weighted by Crippen LogP contribution is 2.27. The van der Waals surface area contributed by atoms with Gasteiger partial charge in [0.05, 0.1) is 5.69 Å². The molecule has 0 aliphatic heterocycles. The average molecular weight is 308 g/mol. The molecule has 0 aromatic heterocycles. The van der Waals surface area contributed by atoms with E-state index in [9.17, 15) is 4.79 Å². The zero-order valence-electron chi connectivity index (χ0n) is 14.1. The first-order valence-electron chi connectivity index (χ1n) is 7.69. The van der Waals surface area contributed by atoms with Crippen molar-refractivity contribution in [1.29, 1.82) is 0 Å². The van der Waals surface area contributed by atoms with Crippen molar-refractivity contribution < 1.29 is 14.6 Å². The van der Waals surface area contributed by atoms with Crippen LogP contribution in [0.5, 0.6) is 5.75 Å². The number of para-hydroxylation sites is 2. The normalized spacial score (nSPS) is 12.9. The lowest BCUT2D eigenvalue weighted by Crippen LogP contribution is -2.41. The zero-order valence-corrected chi connectivity index (χ0v) is 14.1. The Labute approximate surface area is 133 Å². The Morgan fingerprint density at radius 3 is 2.45 bits per heavy atom. The summed E-state index contributed by atoms with van der Waals surface area (Å²) in [5.41, 5.74) is 0.285. The molecule has 0 saturated carbocycles. The predicted molar refractivity (Wildman–Crippen MR) is 89.3 cm³/mol. The molecular formula is C17H28N2O3. The van der Waals surface area contributed by atoms with Gasteiger partial charge in [-0.25, -0.2) is 4.79 Å². The van der Waals surface area contributed by atoms with Crippen LogP contribution in [0.2, 0.25) is 0 Å². The van der Waals surface area contributed by atoms with E-state index >= 15 is 0 Å². The number of urea groups is 1. The molecule has 0 radical (unpaired) electrons. The third-order valence-electron chi connectivity index (χ3n) is 3.11. The van der Waals surface area contributed by atoms with Crippen molar-refractivity contribution in [3.05, 3.63) is 24.3 Å². The maximum absolute atomic E-state index is 12.2. The number of nitrogens with one attached hydrogen (secondary N) is 2. The summed E-state index contributed by atoms with van der Waals surface area (Å²) in [4.78, 5) is 12.2. The van der Waals surface area contributed by atoms with Crippen LogP contribution in [0.3, 0.4) is 0 Å². The van der Waals surface area contributed by atoms with Gasteiger partial charge in [0.25, 0.3) is 0 Å². The van der Waals surface area contributed by atoms with E-state index in [4.69, 9.17) is 9.84 Å². The topological polar surface area (TPSA) is 70.6 Å². The van der Waals surface area contributed by atoms with Gasteiger partial charge in [0.2, 0.25) is 0 Å². The fourth-order valence-electron chi connectivity index (χ4n) is 2.03. The van der Waals surface area contributed by atoms with Crippen LogP contribution in [0.1, 0.15) is 41.0 Å². The predicted octanol–water partition coefficient (Wildman–Crippen LogP) is 3.39. The number of hydrogen-bond acceptors (Lipinski definition) is 3. The first-order chi connectivity index (χ1) is 10.2. The maximum atomic E-state index is 12.2. The molecule has 1 unspecified atom stereocenters. The van der Waals surface area contributed by atoms with Gasteiger partial charge in [0, 0.05) is 12.6 Å². The molecule has 1 atom stereocenters. The van der Waals surface area contributed by atoms with Gasteiger partial charge in [-0.2, -0.15) is 0 Å². The summed E-state index contributed by atoms with van der Waals surface area (Å²) in [7, 11) is 0. The number of hydrogen-bond donors (Lipinski definition) is 3. The lowest BCUT2D eigenvalue weighted by Gasteiger charge is -2.25. The Morgan fingerprint density at radius 2 is 1.91 bits per heavy atom. The number of ether oxygens (including phenoxy) is 1. The molecule has 0 aliphatic rings. The van der Waals surface area contributed by atoms with Crippen molar-refractivity contribution in [3.8, 4) is 5.75 Å². The van der Waals surface area contributed by atoms with Gasteiger partial charge in [0.15, 0.2) is 0 Å². The summed E-state index contributed by atoms with van der Waals surface area (Å²) < 4.78 is 5.85. The van der Waals surface area contributed by atoms with E-state index in [1.807, 2.05) is 52.8 Å². The molecule has 124 valence electrons. The number of aliphatic hydroxyl groups is 1. The molecule has 1 rings (SSSR count). The molecule has 1 aromatic rings.